The Balaban J connectivity index is 3.98. The Labute approximate surface area is 102 Å². The summed E-state index contributed by atoms with van der Waals surface area (Å²) >= 11 is 0. The van der Waals surface area contributed by atoms with E-state index in [0.29, 0.717) is 13.2 Å². The molecule has 0 atom stereocenters. The summed E-state index contributed by atoms with van der Waals surface area (Å²) in [6.45, 7) is 7.92. The fourth-order valence-electron chi connectivity index (χ4n) is 0.950. The molecule has 0 bridgehead atoms. The monoisotopic (exact) mass is 270 g/mol. The van der Waals surface area contributed by atoms with Gasteiger partial charge >= 0.3 is 7.82 Å². The largest absolute Gasteiger partial charge is 0.469 e. The van der Waals surface area contributed by atoms with E-state index in [9.17, 15) is 4.57 Å². The van der Waals surface area contributed by atoms with E-state index in [-0.39, 0.29) is 18.6 Å². The van der Waals surface area contributed by atoms with Gasteiger partial charge in [0.25, 0.3) is 0 Å². The van der Waals surface area contributed by atoms with Gasteiger partial charge in [0.1, 0.15) is 0 Å². The van der Waals surface area contributed by atoms with Crippen molar-refractivity contribution in [2.45, 2.75) is 27.7 Å². The molecule has 0 rings (SSSR count). The Bertz CT molecular complexity index is 270. The van der Waals surface area contributed by atoms with Crippen molar-refractivity contribution in [1.29, 1.82) is 0 Å². The normalized spacial score (nSPS) is 14.1. The third-order valence-electron chi connectivity index (χ3n) is 2.04. The van der Waals surface area contributed by atoms with Crippen molar-refractivity contribution in [3.63, 3.8) is 0 Å². The van der Waals surface area contributed by atoms with E-state index in [1.54, 1.807) is 13.8 Å². The third-order valence-corrected chi connectivity index (χ3v) is 2.50. The van der Waals surface area contributed by atoms with Gasteiger partial charge < -0.3 is 19.6 Å². The highest BCUT2D eigenvalue weighted by molar-refractivity contribution is 7.46. The van der Waals surface area contributed by atoms with Crippen LogP contribution in [-0.4, -0.2) is 41.3 Å². The molecule has 0 aliphatic carbocycles. The maximum atomic E-state index is 10.6. The molecular formula is C10H23O6P. The number of phosphoric ester groups is 1. The summed E-state index contributed by atoms with van der Waals surface area (Å²) in [5.74, 6) is 0. The van der Waals surface area contributed by atoms with Crippen LogP contribution >= 0.6 is 7.82 Å². The minimum atomic E-state index is -4.43. The van der Waals surface area contributed by atoms with Crippen molar-refractivity contribution in [3.05, 3.63) is 0 Å². The van der Waals surface area contributed by atoms with Crippen molar-refractivity contribution < 1.29 is 28.7 Å². The lowest BCUT2D eigenvalue weighted by molar-refractivity contribution is -0.0204. The molecule has 0 spiro atoms. The molecule has 0 amide bonds. The molecule has 0 aliphatic rings. The first-order valence-corrected chi connectivity index (χ1v) is 6.89. The van der Waals surface area contributed by atoms with Crippen molar-refractivity contribution >= 4 is 7.82 Å². The molecule has 0 aromatic heterocycles. The molecule has 0 aromatic carbocycles. The first-order chi connectivity index (χ1) is 7.47. The van der Waals surface area contributed by atoms with Crippen LogP contribution in [-0.2, 0) is 13.8 Å². The molecule has 0 fully saturated rings. The van der Waals surface area contributed by atoms with Gasteiger partial charge in [-0.2, -0.15) is 0 Å². The summed E-state index contributed by atoms with van der Waals surface area (Å²) in [6.07, 6.45) is 0. The summed E-state index contributed by atoms with van der Waals surface area (Å²) in [7, 11) is -4.43. The van der Waals surface area contributed by atoms with Crippen LogP contribution < -0.4 is 0 Å². The standard InChI is InChI=1S/C10H23O6P/c1-9(2,5-11)6-15-7-10(3,4)8-16-17(12,13)14/h11H,5-8H2,1-4H3,(H2,12,13,14). The highest BCUT2D eigenvalue weighted by Gasteiger charge is 2.25. The maximum Gasteiger partial charge on any atom is 0.469 e. The molecule has 104 valence electrons. The van der Waals surface area contributed by atoms with Gasteiger partial charge in [0.2, 0.25) is 0 Å². The lowest BCUT2D eigenvalue weighted by Crippen LogP contribution is -2.30. The SMILES string of the molecule is CC(C)(CO)COCC(C)(C)COP(=O)(O)O. The van der Waals surface area contributed by atoms with Gasteiger partial charge in [-0.05, 0) is 0 Å². The number of hydrogen-bond acceptors (Lipinski definition) is 4. The summed E-state index contributed by atoms with van der Waals surface area (Å²) in [4.78, 5) is 17.2. The highest BCUT2D eigenvalue weighted by atomic mass is 31.2. The van der Waals surface area contributed by atoms with Crippen LogP contribution in [0.25, 0.3) is 0 Å². The van der Waals surface area contributed by atoms with Crippen molar-refractivity contribution in [2.24, 2.45) is 10.8 Å². The van der Waals surface area contributed by atoms with Crippen molar-refractivity contribution in [3.8, 4) is 0 Å². The van der Waals surface area contributed by atoms with Crippen LogP contribution in [0.5, 0.6) is 0 Å². The van der Waals surface area contributed by atoms with Crippen LogP contribution in [0.1, 0.15) is 27.7 Å². The van der Waals surface area contributed by atoms with Crippen LogP contribution in [0, 0.1) is 10.8 Å². The second-order valence-electron chi connectivity index (χ2n) is 5.74. The minimum Gasteiger partial charge on any atom is -0.396 e. The Hall–Kier alpha value is 0.0300. The molecule has 0 aliphatic heterocycles. The fraction of sp³-hybridized carbons (Fsp3) is 1.00. The predicted molar refractivity (Wildman–Crippen MR) is 63.5 cm³/mol. The third kappa shape index (κ3) is 9.71. The van der Waals surface area contributed by atoms with Crippen LogP contribution in [0.3, 0.4) is 0 Å². The average molecular weight is 270 g/mol. The quantitative estimate of drug-likeness (QED) is 0.573. The average Bonchev–Trinajstić information content (AvgIpc) is 2.13. The fourth-order valence-corrected chi connectivity index (χ4v) is 1.47. The van der Waals surface area contributed by atoms with E-state index in [4.69, 9.17) is 19.6 Å². The Morgan fingerprint density at radius 3 is 1.88 bits per heavy atom. The predicted octanol–water partition coefficient (Wildman–Crippen LogP) is 1.16. The van der Waals surface area contributed by atoms with Gasteiger partial charge in [0.15, 0.2) is 0 Å². The second kappa shape index (κ2) is 6.27. The lowest BCUT2D eigenvalue weighted by atomic mass is 9.94. The zero-order valence-corrected chi connectivity index (χ0v) is 11.7. The van der Waals surface area contributed by atoms with Gasteiger partial charge in [-0.15, -0.1) is 0 Å². The van der Waals surface area contributed by atoms with E-state index < -0.39 is 13.2 Å². The number of ether oxygens (including phenoxy) is 1. The molecule has 0 saturated heterocycles. The zero-order valence-electron chi connectivity index (χ0n) is 10.8. The van der Waals surface area contributed by atoms with Gasteiger partial charge in [-0.1, -0.05) is 27.7 Å². The summed E-state index contributed by atoms with van der Waals surface area (Å²) in [5.41, 5.74) is -0.813. The van der Waals surface area contributed by atoms with E-state index in [2.05, 4.69) is 4.52 Å². The second-order valence-corrected chi connectivity index (χ2v) is 6.98. The number of hydrogen-bond donors (Lipinski definition) is 3. The Kier molecular flexibility index (Phi) is 6.28. The molecule has 7 heteroatoms. The summed E-state index contributed by atoms with van der Waals surface area (Å²) < 4.78 is 20.4. The first kappa shape index (κ1) is 17.0. The molecule has 0 unspecified atom stereocenters. The topological polar surface area (TPSA) is 96.2 Å². The van der Waals surface area contributed by atoms with Gasteiger partial charge in [0, 0.05) is 10.8 Å². The summed E-state index contributed by atoms with van der Waals surface area (Å²) in [6, 6.07) is 0. The van der Waals surface area contributed by atoms with Gasteiger partial charge in [0.05, 0.1) is 26.4 Å². The molecule has 0 aromatic rings. The maximum absolute atomic E-state index is 10.6. The lowest BCUT2D eigenvalue weighted by Gasteiger charge is -2.27. The van der Waals surface area contributed by atoms with Gasteiger partial charge in [-0.25, -0.2) is 4.57 Å². The molecule has 6 nitrogen and oxygen atoms in total. The van der Waals surface area contributed by atoms with Crippen LogP contribution in [0.15, 0.2) is 0 Å². The van der Waals surface area contributed by atoms with Gasteiger partial charge in [-0.3, -0.25) is 4.52 Å². The Morgan fingerprint density at radius 1 is 1.00 bits per heavy atom. The van der Waals surface area contributed by atoms with E-state index in [0.717, 1.165) is 0 Å². The Morgan fingerprint density at radius 2 is 1.47 bits per heavy atom. The molecular weight excluding hydrogens is 247 g/mol. The number of rotatable bonds is 8. The summed E-state index contributed by atoms with van der Waals surface area (Å²) in [5, 5.41) is 9.03. The van der Waals surface area contributed by atoms with Crippen LogP contribution in [0.2, 0.25) is 0 Å². The minimum absolute atomic E-state index is 0.0202. The van der Waals surface area contributed by atoms with Crippen molar-refractivity contribution in [2.75, 3.05) is 26.4 Å². The highest BCUT2D eigenvalue weighted by Crippen LogP contribution is 2.38. The zero-order chi connectivity index (χ0) is 13.7. The van der Waals surface area contributed by atoms with E-state index in [1.165, 1.54) is 0 Å². The molecule has 0 heterocycles. The molecule has 0 radical (unpaired) electrons. The molecule has 3 N–H and O–H groups in total. The van der Waals surface area contributed by atoms with E-state index in [1.807, 2.05) is 13.8 Å². The number of aliphatic hydroxyl groups excluding tert-OH is 1. The first-order valence-electron chi connectivity index (χ1n) is 5.36. The number of phosphoric acid groups is 1. The van der Waals surface area contributed by atoms with Crippen molar-refractivity contribution in [1.82, 2.24) is 0 Å². The number of aliphatic hydroxyl groups is 1. The van der Waals surface area contributed by atoms with E-state index >= 15 is 0 Å². The van der Waals surface area contributed by atoms with Crippen LogP contribution in [0.4, 0.5) is 0 Å². The molecule has 17 heavy (non-hydrogen) atoms. The smallest absolute Gasteiger partial charge is 0.396 e. The molecule has 0 saturated carbocycles.